The van der Waals surface area contributed by atoms with Crippen molar-refractivity contribution in [1.29, 1.82) is 0 Å². The van der Waals surface area contributed by atoms with Gasteiger partial charge in [0.1, 0.15) is 4.90 Å². The second-order valence-electron chi connectivity index (χ2n) is 4.22. The summed E-state index contributed by atoms with van der Waals surface area (Å²) >= 11 is 1.07. The molecule has 0 N–H and O–H groups in total. The minimum atomic E-state index is -0.393. The van der Waals surface area contributed by atoms with Gasteiger partial charge in [0.25, 0.3) is 5.69 Å². The predicted octanol–water partition coefficient (Wildman–Crippen LogP) is 4.25. The molecule has 0 amide bonds. The van der Waals surface area contributed by atoms with E-state index in [-0.39, 0.29) is 5.69 Å². The van der Waals surface area contributed by atoms with Gasteiger partial charge in [-0.3, -0.25) is 10.1 Å². The second-order valence-corrected chi connectivity index (χ2v) is 5.06. The molecule has 20 heavy (non-hydrogen) atoms. The van der Waals surface area contributed by atoms with Crippen LogP contribution in [0.15, 0.2) is 59.5 Å². The SMILES string of the molecule is O=[N+]([O-])c1ccccc1SOCCCc1ccccc1. The fourth-order valence-electron chi connectivity index (χ4n) is 1.76. The average Bonchev–Trinajstić information content (AvgIpc) is 2.48. The monoisotopic (exact) mass is 289 g/mol. The molecule has 0 atom stereocenters. The number of hydrogen-bond donors (Lipinski definition) is 0. The van der Waals surface area contributed by atoms with Crippen LogP contribution in [0.4, 0.5) is 5.69 Å². The lowest BCUT2D eigenvalue weighted by Crippen LogP contribution is -1.93. The summed E-state index contributed by atoms with van der Waals surface area (Å²) in [5, 5.41) is 10.8. The normalized spacial score (nSPS) is 10.4. The molecule has 0 heterocycles. The van der Waals surface area contributed by atoms with Gasteiger partial charge in [0.15, 0.2) is 0 Å². The lowest BCUT2D eigenvalue weighted by atomic mass is 10.1. The van der Waals surface area contributed by atoms with Crippen LogP contribution in [-0.4, -0.2) is 11.5 Å². The van der Waals surface area contributed by atoms with Crippen molar-refractivity contribution in [2.75, 3.05) is 6.61 Å². The molecule has 0 aliphatic rings. The van der Waals surface area contributed by atoms with E-state index in [1.165, 1.54) is 11.6 Å². The largest absolute Gasteiger partial charge is 0.310 e. The zero-order valence-corrected chi connectivity index (χ0v) is 11.7. The third kappa shape index (κ3) is 4.36. The summed E-state index contributed by atoms with van der Waals surface area (Å²) in [6, 6.07) is 16.8. The Hall–Kier alpha value is -1.85. The molecule has 0 saturated carbocycles. The summed E-state index contributed by atoms with van der Waals surface area (Å²) in [6.45, 7) is 0.561. The van der Waals surface area contributed by atoms with E-state index in [1.54, 1.807) is 18.2 Å². The molecule has 2 aromatic rings. The molecule has 0 aliphatic carbocycles. The summed E-state index contributed by atoms with van der Waals surface area (Å²) < 4.78 is 5.44. The van der Waals surface area contributed by atoms with Crippen LogP contribution in [-0.2, 0) is 10.6 Å². The summed E-state index contributed by atoms with van der Waals surface area (Å²) in [5.74, 6) is 0. The number of hydrogen-bond acceptors (Lipinski definition) is 4. The highest BCUT2D eigenvalue weighted by molar-refractivity contribution is 7.94. The zero-order chi connectivity index (χ0) is 14.2. The van der Waals surface area contributed by atoms with Gasteiger partial charge < -0.3 is 4.18 Å². The van der Waals surface area contributed by atoms with Crippen LogP contribution in [0.2, 0.25) is 0 Å². The van der Waals surface area contributed by atoms with Gasteiger partial charge in [-0.1, -0.05) is 42.5 Å². The van der Waals surface area contributed by atoms with E-state index >= 15 is 0 Å². The maximum Gasteiger partial charge on any atom is 0.285 e. The van der Waals surface area contributed by atoms with E-state index in [9.17, 15) is 10.1 Å². The van der Waals surface area contributed by atoms with Crippen LogP contribution < -0.4 is 0 Å². The number of nitro groups is 1. The summed E-state index contributed by atoms with van der Waals surface area (Å²) in [6.07, 6.45) is 1.83. The maximum atomic E-state index is 10.8. The van der Waals surface area contributed by atoms with Crippen molar-refractivity contribution < 1.29 is 9.11 Å². The number of rotatable bonds is 7. The van der Waals surface area contributed by atoms with E-state index in [1.807, 2.05) is 18.2 Å². The Morgan fingerprint density at radius 3 is 2.50 bits per heavy atom. The van der Waals surface area contributed by atoms with Gasteiger partial charge in [-0.05, 0) is 24.5 Å². The molecule has 2 rings (SSSR count). The van der Waals surface area contributed by atoms with Crippen LogP contribution in [0.5, 0.6) is 0 Å². The smallest absolute Gasteiger partial charge is 0.285 e. The summed E-state index contributed by atoms with van der Waals surface area (Å²) in [4.78, 5) is 11.0. The summed E-state index contributed by atoms with van der Waals surface area (Å²) in [7, 11) is 0. The van der Waals surface area contributed by atoms with Crippen molar-refractivity contribution in [3.05, 3.63) is 70.3 Å². The van der Waals surface area contributed by atoms with Gasteiger partial charge in [0, 0.05) is 18.1 Å². The van der Waals surface area contributed by atoms with E-state index in [4.69, 9.17) is 4.18 Å². The number of nitrogens with zero attached hydrogens (tertiary/aromatic N) is 1. The lowest BCUT2D eigenvalue weighted by Gasteiger charge is -2.04. The Morgan fingerprint density at radius 1 is 1.05 bits per heavy atom. The molecule has 0 radical (unpaired) electrons. The van der Waals surface area contributed by atoms with Crippen molar-refractivity contribution in [2.24, 2.45) is 0 Å². The van der Waals surface area contributed by atoms with Crippen molar-refractivity contribution >= 4 is 17.7 Å². The van der Waals surface area contributed by atoms with Crippen molar-refractivity contribution in [2.45, 2.75) is 17.7 Å². The first kappa shape index (κ1) is 14.6. The molecule has 4 nitrogen and oxygen atoms in total. The molecule has 5 heteroatoms. The third-order valence-electron chi connectivity index (χ3n) is 2.75. The molecule has 0 unspecified atom stereocenters. The second kappa shape index (κ2) is 7.67. The van der Waals surface area contributed by atoms with Crippen LogP contribution in [0.3, 0.4) is 0 Å². The topological polar surface area (TPSA) is 52.4 Å². The van der Waals surface area contributed by atoms with Crippen LogP contribution in [0.25, 0.3) is 0 Å². The molecular formula is C15H15NO3S. The van der Waals surface area contributed by atoms with E-state index in [2.05, 4.69) is 12.1 Å². The molecule has 0 spiro atoms. The standard InChI is InChI=1S/C15H15NO3S/c17-16(18)14-10-4-5-11-15(14)20-19-12-6-9-13-7-2-1-3-8-13/h1-5,7-8,10-11H,6,9,12H2. The molecule has 0 bridgehead atoms. The third-order valence-corrected chi connectivity index (χ3v) is 3.56. The zero-order valence-electron chi connectivity index (χ0n) is 10.9. The number of benzene rings is 2. The Morgan fingerprint density at radius 2 is 1.75 bits per heavy atom. The number of aryl methyl sites for hydroxylation is 1. The van der Waals surface area contributed by atoms with Crippen LogP contribution in [0, 0.1) is 10.1 Å². The van der Waals surface area contributed by atoms with Gasteiger partial charge in [0.2, 0.25) is 0 Å². The molecule has 2 aromatic carbocycles. The Kier molecular flexibility index (Phi) is 5.58. The molecule has 0 fully saturated rings. The van der Waals surface area contributed by atoms with E-state index in [0.717, 1.165) is 24.9 Å². The first-order chi connectivity index (χ1) is 9.77. The minimum Gasteiger partial charge on any atom is -0.310 e. The van der Waals surface area contributed by atoms with Gasteiger partial charge in [-0.15, -0.1) is 0 Å². The minimum absolute atomic E-state index is 0.0839. The fourth-order valence-corrected chi connectivity index (χ4v) is 2.45. The Bertz CT molecular complexity index is 560. The van der Waals surface area contributed by atoms with E-state index < -0.39 is 4.92 Å². The van der Waals surface area contributed by atoms with Crippen molar-refractivity contribution in [1.82, 2.24) is 0 Å². The van der Waals surface area contributed by atoms with Gasteiger partial charge in [0.05, 0.1) is 11.5 Å². The molecule has 0 aliphatic heterocycles. The molecule has 0 aromatic heterocycles. The highest BCUT2D eigenvalue weighted by Gasteiger charge is 2.12. The lowest BCUT2D eigenvalue weighted by molar-refractivity contribution is -0.387. The van der Waals surface area contributed by atoms with Gasteiger partial charge in [-0.2, -0.15) is 0 Å². The highest BCUT2D eigenvalue weighted by Crippen LogP contribution is 2.29. The van der Waals surface area contributed by atoms with Gasteiger partial charge >= 0.3 is 0 Å². The fraction of sp³-hybridized carbons (Fsp3) is 0.200. The van der Waals surface area contributed by atoms with Crippen molar-refractivity contribution in [3.8, 4) is 0 Å². The van der Waals surface area contributed by atoms with Gasteiger partial charge in [-0.25, -0.2) is 0 Å². The first-order valence-electron chi connectivity index (χ1n) is 6.34. The Balaban J connectivity index is 1.75. The maximum absolute atomic E-state index is 10.8. The van der Waals surface area contributed by atoms with E-state index in [0.29, 0.717) is 11.5 Å². The average molecular weight is 289 g/mol. The number of nitro benzene ring substituents is 1. The summed E-state index contributed by atoms with van der Waals surface area (Å²) in [5.41, 5.74) is 1.35. The molecular weight excluding hydrogens is 274 g/mol. The van der Waals surface area contributed by atoms with Crippen LogP contribution >= 0.6 is 12.0 Å². The highest BCUT2D eigenvalue weighted by atomic mass is 32.2. The molecule has 0 saturated heterocycles. The molecule has 104 valence electrons. The first-order valence-corrected chi connectivity index (χ1v) is 7.08. The predicted molar refractivity (Wildman–Crippen MR) is 79.7 cm³/mol. The van der Waals surface area contributed by atoms with Crippen molar-refractivity contribution in [3.63, 3.8) is 0 Å². The number of para-hydroxylation sites is 1. The van der Waals surface area contributed by atoms with Crippen LogP contribution in [0.1, 0.15) is 12.0 Å². The Labute approximate surface area is 122 Å². The quantitative estimate of drug-likeness (QED) is 0.331.